The van der Waals surface area contributed by atoms with Gasteiger partial charge >= 0.3 is 0 Å². The molecule has 0 unspecified atom stereocenters. The van der Waals surface area contributed by atoms with Crippen molar-refractivity contribution in [3.63, 3.8) is 0 Å². The molecule has 26 heavy (non-hydrogen) atoms. The van der Waals surface area contributed by atoms with E-state index in [-0.39, 0.29) is 11.8 Å². The molecule has 4 rings (SSSR count). The zero-order valence-electron chi connectivity index (χ0n) is 14.9. The standard InChI is InChI=1S/C21H23N3O2/c1-14-3-2-4-19(22-14)21(26)24(18-11-12-18)13-15-5-7-16(8-6-15)20(25)23-17-9-10-17/h2-8,17-18H,9-13H2,1H3,(H,23,25). The van der Waals surface area contributed by atoms with E-state index < -0.39 is 0 Å². The van der Waals surface area contributed by atoms with E-state index in [9.17, 15) is 9.59 Å². The Morgan fingerprint density at radius 2 is 1.81 bits per heavy atom. The number of nitrogens with one attached hydrogen (secondary N) is 1. The second-order valence-corrected chi connectivity index (χ2v) is 7.27. The lowest BCUT2D eigenvalue weighted by Crippen LogP contribution is -2.33. The molecule has 1 aromatic carbocycles. The lowest BCUT2D eigenvalue weighted by atomic mass is 10.1. The summed E-state index contributed by atoms with van der Waals surface area (Å²) >= 11 is 0. The Bertz CT molecular complexity index is 823. The van der Waals surface area contributed by atoms with Crippen LogP contribution >= 0.6 is 0 Å². The van der Waals surface area contributed by atoms with Crippen LogP contribution in [0.25, 0.3) is 0 Å². The van der Waals surface area contributed by atoms with Gasteiger partial charge in [-0.15, -0.1) is 0 Å². The van der Waals surface area contributed by atoms with Gasteiger partial charge in [0, 0.05) is 29.9 Å². The van der Waals surface area contributed by atoms with Crippen molar-refractivity contribution in [2.24, 2.45) is 0 Å². The minimum absolute atomic E-state index is 0.0156. The molecule has 0 bridgehead atoms. The summed E-state index contributed by atoms with van der Waals surface area (Å²) in [5.41, 5.74) is 3.04. The summed E-state index contributed by atoms with van der Waals surface area (Å²) in [6, 6.07) is 13.7. The van der Waals surface area contributed by atoms with Crippen LogP contribution in [0.4, 0.5) is 0 Å². The van der Waals surface area contributed by atoms with Gasteiger partial charge in [0.2, 0.25) is 0 Å². The highest BCUT2D eigenvalue weighted by Crippen LogP contribution is 2.29. The maximum atomic E-state index is 12.9. The first kappa shape index (κ1) is 16.8. The van der Waals surface area contributed by atoms with E-state index in [0.29, 0.717) is 29.9 Å². The molecule has 2 aliphatic carbocycles. The third-order valence-corrected chi connectivity index (χ3v) is 4.84. The van der Waals surface area contributed by atoms with Gasteiger partial charge in [0.25, 0.3) is 11.8 Å². The Balaban J connectivity index is 1.46. The Labute approximate surface area is 153 Å². The van der Waals surface area contributed by atoms with E-state index in [4.69, 9.17) is 0 Å². The number of nitrogens with zero attached hydrogens (tertiary/aromatic N) is 2. The SMILES string of the molecule is Cc1cccc(C(=O)N(Cc2ccc(C(=O)NC3CC3)cc2)C2CC2)n1. The lowest BCUT2D eigenvalue weighted by Gasteiger charge is -2.22. The topological polar surface area (TPSA) is 62.3 Å². The molecule has 0 spiro atoms. The summed E-state index contributed by atoms with van der Waals surface area (Å²) in [6.07, 6.45) is 4.24. The Morgan fingerprint density at radius 1 is 1.08 bits per heavy atom. The molecule has 1 N–H and O–H groups in total. The van der Waals surface area contributed by atoms with Crippen LogP contribution in [0.1, 0.15) is 57.8 Å². The predicted molar refractivity (Wildman–Crippen MR) is 98.8 cm³/mol. The van der Waals surface area contributed by atoms with Crippen LogP contribution < -0.4 is 5.32 Å². The number of benzene rings is 1. The summed E-state index contributed by atoms with van der Waals surface area (Å²) in [5.74, 6) is -0.0371. The highest BCUT2D eigenvalue weighted by Gasteiger charge is 2.33. The van der Waals surface area contributed by atoms with E-state index in [1.807, 2.05) is 48.2 Å². The number of aromatic nitrogens is 1. The molecule has 1 heterocycles. The van der Waals surface area contributed by atoms with Crippen molar-refractivity contribution in [1.82, 2.24) is 15.2 Å². The Hall–Kier alpha value is -2.69. The van der Waals surface area contributed by atoms with Gasteiger partial charge in [0.1, 0.15) is 5.69 Å². The number of rotatable bonds is 6. The number of hydrogen-bond donors (Lipinski definition) is 1. The van der Waals surface area contributed by atoms with E-state index in [1.165, 1.54) is 0 Å². The average Bonchev–Trinajstić information content (AvgIpc) is 3.54. The minimum atomic E-state index is -0.0215. The summed E-state index contributed by atoms with van der Waals surface area (Å²) in [7, 11) is 0. The number of hydrogen-bond acceptors (Lipinski definition) is 3. The quantitative estimate of drug-likeness (QED) is 0.872. The van der Waals surface area contributed by atoms with Crippen LogP contribution in [-0.4, -0.2) is 33.8 Å². The predicted octanol–water partition coefficient (Wildman–Crippen LogP) is 3.09. The molecule has 0 radical (unpaired) electrons. The van der Waals surface area contributed by atoms with Gasteiger partial charge in [-0.05, 0) is 62.4 Å². The van der Waals surface area contributed by atoms with Gasteiger partial charge < -0.3 is 10.2 Å². The second-order valence-electron chi connectivity index (χ2n) is 7.27. The molecule has 0 aliphatic heterocycles. The Morgan fingerprint density at radius 3 is 2.42 bits per heavy atom. The maximum absolute atomic E-state index is 12.9. The normalized spacial score (nSPS) is 16.2. The van der Waals surface area contributed by atoms with Crippen molar-refractivity contribution >= 4 is 11.8 Å². The summed E-state index contributed by atoms with van der Waals surface area (Å²) in [5, 5.41) is 2.99. The van der Waals surface area contributed by atoms with Crippen LogP contribution in [0.5, 0.6) is 0 Å². The fourth-order valence-electron chi connectivity index (χ4n) is 3.02. The number of aryl methyl sites for hydroxylation is 1. The zero-order chi connectivity index (χ0) is 18.1. The molecular formula is C21H23N3O2. The first-order valence-corrected chi connectivity index (χ1v) is 9.24. The van der Waals surface area contributed by atoms with Gasteiger partial charge in [0.15, 0.2) is 0 Å². The molecule has 134 valence electrons. The molecule has 2 amide bonds. The van der Waals surface area contributed by atoms with Crippen LogP contribution in [-0.2, 0) is 6.54 Å². The number of pyridine rings is 1. The van der Waals surface area contributed by atoms with Crippen molar-refractivity contribution < 1.29 is 9.59 Å². The molecule has 5 nitrogen and oxygen atoms in total. The Kier molecular flexibility index (Phi) is 4.45. The highest BCUT2D eigenvalue weighted by molar-refractivity contribution is 5.94. The maximum Gasteiger partial charge on any atom is 0.273 e. The van der Waals surface area contributed by atoms with Gasteiger partial charge in [0.05, 0.1) is 0 Å². The second kappa shape index (κ2) is 6.90. The number of amides is 2. The molecular weight excluding hydrogens is 326 g/mol. The molecule has 2 aromatic rings. The molecule has 0 atom stereocenters. The van der Waals surface area contributed by atoms with E-state index in [2.05, 4.69) is 10.3 Å². The van der Waals surface area contributed by atoms with Crippen molar-refractivity contribution in [2.75, 3.05) is 0 Å². The first-order valence-electron chi connectivity index (χ1n) is 9.24. The minimum Gasteiger partial charge on any atom is -0.349 e. The van der Waals surface area contributed by atoms with Crippen LogP contribution in [0.2, 0.25) is 0 Å². The highest BCUT2D eigenvalue weighted by atomic mass is 16.2. The summed E-state index contributed by atoms with van der Waals surface area (Å²) in [4.78, 5) is 31.2. The zero-order valence-corrected chi connectivity index (χ0v) is 14.9. The molecule has 2 fully saturated rings. The van der Waals surface area contributed by atoms with Gasteiger partial charge in [-0.2, -0.15) is 0 Å². The molecule has 2 aliphatic rings. The summed E-state index contributed by atoms with van der Waals surface area (Å²) in [6.45, 7) is 2.44. The molecule has 1 aromatic heterocycles. The fraction of sp³-hybridized carbons (Fsp3) is 0.381. The van der Waals surface area contributed by atoms with Crippen LogP contribution in [0.15, 0.2) is 42.5 Å². The van der Waals surface area contributed by atoms with Crippen LogP contribution in [0.3, 0.4) is 0 Å². The largest absolute Gasteiger partial charge is 0.349 e. The van der Waals surface area contributed by atoms with E-state index >= 15 is 0 Å². The molecule has 5 heteroatoms. The smallest absolute Gasteiger partial charge is 0.273 e. The molecule has 0 saturated heterocycles. The third-order valence-electron chi connectivity index (χ3n) is 4.84. The summed E-state index contributed by atoms with van der Waals surface area (Å²) < 4.78 is 0. The van der Waals surface area contributed by atoms with E-state index in [0.717, 1.165) is 36.9 Å². The number of carbonyl (C=O) groups is 2. The van der Waals surface area contributed by atoms with Crippen molar-refractivity contribution in [1.29, 1.82) is 0 Å². The van der Waals surface area contributed by atoms with Gasteiger partial charge in [-0.3, -0.25) is 9.59 Å². The average molecular weight is 349 g/mol. The third kappa shape index (κ3) is 3.93. The van der Waals surface area contributed by atoms with Gasteiger partial charge in [-0.25, -0.2) is 4.98 Å². The van der Waals surface area contributed by atoms with Gasteiger partial charge in [-0.1, -0.05) is 18.2 Å². The van der Waals surface area contributed by atoms with Crippen molar-refractivity contribution in [3.05, 3.63) is 65.0 Å². The molecule has 2 saturated carbocycles. The lowest BCUT2D eigenvalue weighted by molar-refractivity contribution is 0.0723. The van der Waals surface area contributed by atoms with Crippen molar-refractivity contribution in [2.45, 2.75) is 51.2 Å². The van der Waals surface area contributed by atoms with Crippen molar-refractivity contribution in [3.8, 4) is 0 Å². The number of carbonyl (C=O) groups excluding carboxylic acids is 2. The first-order chi connectivity index (χ1) is 12.6. The van der Waals surface area contributed by atoms with E-state index in [1.54, 1.807) is 6.07 Å². The fourth-order valence-corrected chi connectivity index (χ4v) is 3.02. The monoisotopic (exact) mass is 349 g/mol. The van der Waals surface area contributed by atoms with Crippen LogP contribution in [0, 0.1) is 6.92 Å².